The van der Waals surface area contributed by atoms with Crippen LogP contribution < -0.4 is 0 Å². The standard InChI is InChI=1S/C8H8F2O2S/c1-8(11-2-3-12-8)6-4-5(9)7(10)13-6/h4H,2-3H2,1H3. The van der Waals surface area contributed by atoms with E-state index in [1.165, 1.54) is 0 Å². The van der Waals surface area contributed by atoms with E-state index in [9.17, 15) is 8.78 Å². The van der Waals surface area contributed by atoms with Crippen LogP contribution >= 0.6 is 11.3 Å². The summed E-state index contributed by atoms with van der Waals surface area (Å²) in [6, 6.07) is 1.12. The second-order valence-electron chi connectivity index (χ2n) is 2.87. The molecule has 0 radical (unpaired) electrons. The summed E-state index contributed by atoms with van der Waals surface area (Å²) in [6.45, 7) is 2.57. The van der Waals surface area contributed by atoms with Gasteiger partial charge in [0.15, 0.2) is 5.82 Å². The second-order valence-corrected chi connectivity index (χ2v) is 3.88. The topological polar surface area (TPSA) is 18.5 Å². The largest absolute Gasteiger partial charge is 0.343 e. The molecule has 0 bridgehead atoms. The molecule has 0 N–H and O–H groups in total. The van der Waals surface area contributed by atoms with Crippen molar-refractivity contribution in [3.63, 3.8) is 0 Å². The van der Waals surface area contributed by atoms with E-state index in [-0.39, 0.29) is 0 Å². The quantitative estimate of drug-likeness (QED) is 0.701. The van der Waals surface area contributed by atoms with E-state index in [0.717, 1.165) is 17.4 Å². The summed E-state index contributed by atoms with van der Waals surface area (Å²) >= 11 is 0.719. The fourth-order valence-corrected chi connectivity index (χ4v) is 2.04. The molecule has 0 aliphatic carbocycles. The summed E-state index contributed by atoms with van der Waals surface area (Å²) in [5, 5.41) is -0.824. The van der Waals surface area contributed by atoms with Crippen LogP contribution in [0, 0.1) is 10.9 Å². The highest BCUT2D eigenvalue weighted by Crippen LogP contribution is 2.36. The molecule has 1 saturated heterocycles. The van der Waals surface area contributed by atoms with E-state index in [0.29, 0.717) is 18.1 Å². The number of thiophene rings is 1. The minimum absolute atomic E-state index is 0.431. The molecule has 0 aromatic carbocycles. The number of halogens is 2. The monoisotopic (exact) mass is 206 g/mol. The first kappa shape index (κ1) is 9.05. The van der Waals surface area contributed by atoms with Crippen LogP contribution in [0.25, 0.3) is 0 Å². The second kappa shape index (κ2) is 3.01. The van der Waals surface area contributed by atoms with Gasteiger partial charge in [-0.2, -0.15) is 4.39 Å². The van der Waals surface area contributed by atoms with Crippen molar-refractivity contribution in [2.45, 2.75) is 12.7 Å². The maximum atomic E-state index is 12.7. The zero-order valence-corrected chi connectivity index (χ0v) is 7.79. The lowest BCUT2D eigenvalue weighted by Gasteiger charge is -2.19. The van der Waals surface area contributed by atoms with Crippen molar-refractivity contribution in [3.05, 3.63) is 21.9 Å². The molecule has 2 rings (SSSR count). The van der Waals surface area contributed by atoms with Gasteiger partial charge in [0.2, 0.25) is 10.9 Å². The van der Waals surface area contributed by atoms with E-state index in [2.05, 4.69) is 0 Å². The van der Waals surface area contributed by atoms with Crippen molar-refractivity contribution < 1.29 is 18.3 Å². The van der Waals surface area contributed by atoms with Crippen molar-refractivity contribution in [3.8, 4) is 0 Å². The molecule has 1 aliphatic rings. The van der Waals surface area contributed by atoms with Gasteiger partial charge < -0.3 is 9.47 Å². The summed E-state index contributed by atoms with van der Waals surface area (Å²) in [6.07, 6.45) is 0. The molecule has 1 aromatic heterocycles. The van der Waals surface area contributed by atoms with Crippen LogP contribution in [0.2, 0.25) is 0 Å². The minimum atomic E-state index is -0.962. The number of rotatable bonds is 1. The van der Waals surface area contributed by atoms with Crippen LogP contribution in [0.1, 0.15) is 11.8 Å². The Kier molecular flexibility index (Phi) is 2.09. The number of ether oxygens (including phenoxy) is 2. The Labute approximate surface area is 78.1 Å². The third kappa shape index (κ3) is 1.47. The lowest BCUT2D eigenvalue weighted by molar-refractivity contribution is -0.147. The lowest BCUT2D eigenvalue weighted by Crippen LogP contribution is -2.20. The molecule has 1 aliphatic heterocycles. The van der Waals surface area contributed by atoms with Crippen LogP contribution in [0.5, 0.6) is 0 Å². The Hall–Kier alpha value is -0.520. The predicted molar refractivity (Wildman–Crippen MR) is 43.5 cm³/mol. The zero-order chi connectivity index (χ0) is 9.47. The fourth-order valence-electron chi connectivity index (χ4n) is 1.23. The third-order valence-electron chi connectivity index (χ3n) is 1.93. The molecule has 1 aromatic rings. The van der Waals surface area contributed by atoms with Gasteiger partial charge in [-0.25, -0.2) is 4.39 Å². The first-order chi connectivity index (χ1) is 6.12. The molecular formula is C8H8F2O2S. The molecule has 5 heteroatoms. The molecule has 1 fully saturated rings. The van der Waals surface area contributed by atoms with E-state index >= 15 is 0 Å². The average molecular weight is 206 g/mol. The lowest BCUT2D eigenvalue weighted by atomic mass is 10.2. The highest BCUT2D eigenvalue weighted by atomic mass is 32.1. The highest BCUT2D eigenvalue weighted by molar-refractivity contribution is 7.10. The summed E-state index contributed by atoms with van der Waals surface area (Å²) in [5.41, 5.74) is 0. The molecule has 13 heavy (non-hydrogen) atoms. The average Bonchev–Trinajstić information content (AvgIpc) is 2.62. The van der Waals surface area contributed by atoms with Crippen molar-refractivity contribution in [2.24, 2.45) is 0 Å². The SMILES string of the molecule is CC1(c2cc(F)c(F)s2)OCCO1. The van der Waals surface area contributed by atoms with Crippen LogP contribution in [0.3, 0.4) is 0 Å². The Morgan fingerprint density at radius 1 is 1.38 bits per heavy atom. The van der Waals surface area contributed by atoms with Gasteiger partial charge in [0.1, 0.15) is 0 Å². The summed E-state index contributed by atoms with van der Waals surface area (Å²) in [5.74, 6) is -1.81. The van der Waals surface area contributed by atoms with Crippen LogP contribution in [-0.4, -0.2) is 13.2 Å². The van der Waals surface area contributed by atoms with Crippen molar-refractivity contribution in [2.75, 3.05) is 13.2 Å². The van der Waals surface area contributed by atoms with Gasteiger partial charge in [0.25, 0.3) is 0 Å². The Morgan fingerprint density at radius 3 is 2.46 bits per heavy atom. The normalized spacial score (nSPS) is 20.8. The van der Waals surface area contributed by atoms with Gasteiger partial charge in [0, 0.05) is 0 Å². The fraction of sp³-hybridized carbons (Fsp3) is 0.500. The molecule has 0 spiro atoms. The Morgan fingerprint density at radius 2 is 2.00 bits per heavy atom. The minimum Gasteiger partial charge on any atom is -0.343 e. The molecule has 72 valence electrons. The van der Waals surface area contributed by atoms with Gasteiger partial charge in [-0.3, -0.25) is 0 Å². The number of hydrogen-bond acceptors (Lipinski definition) is 3. The molecular weight excluding hydrogens is 198 g/mol. The summed E-state index contributed by atoms with van der Waals surface area (Å²) in [4.78, 5) is 0.431. The maximum Gasteiger partial charge on any atom is 0.212 e. The van der Waals surface area contributed by atoms with E-state index in [1.807, 2.05) is 0 Å². The Bertz CT molecular complexity index is 298. The smallest absolute Gasteiger partial charge is 0.212 e. The van der Waals surface area contributed by atoms with Gasteiger partial charge >= 0.3 is 0 Å². The highest BCUT2D eigenvalue weighted by Gasteiger charge is 2.35. The number of hydrogen-bond donors (Lipinski definition) is 0. The van der Waals surface area contributed by atoms with Gasteiger partial charge in [-0.1, -0.05) is 0 Å². The summed E-state index contributed by atoms with van der Waals surface area (Å²) in [7, 11) is 0. The van der Waals surface area contributed by atoms with Crippen molar-refractivity contribution in [1.29, 1.82) is 0 Å². The molecule has 0 atom stereocenters. The van der Waals surface area contributed by atoms with E-state index < -0.39 is 16.7 Å². The maximum absolute atomic E-state index is 12.7. The van der Waals surface area contributed by atoms with Crippen LogP contribution in [0.15, 0.2) is 6.07 Å². The molecule has 2 heterocycles. The molecule has 0 amide bonds. The van der Waals surface area contributed by atoms with Crippen LogP contribution in [-0.2, 0) is 15.3 Å². The van der Waals surface area contributed by atoms with Crippen molar-refractivity contribution >= 4 is 11.3 Å². The van der Waals surface area contributed by atoms with E-state index in [4.69, 9.17) is 9.47 Å². The molecule has 0 saturated carbocycles. The first-order valence-electron chi connectivity index (χ1n) is 3.85. The first-order valence-corrected chi connectivity index (χ1v) is 4.67. The zero-order valence-electron chi connectivity index (χ0n) is 6.97. The third-order valence-corrected chi connectivity index (χ3v) is 3.01. The molecule has 2 nitrogen and oxygen atoms in total. The Balaban J connectivity index is 2.34. The predicted octanol–water partition coefficient (Wildman–Crippen LogP) is 2.25. The van der Waals surface area contributed by atoms with Crippen LogP contribution in [0.4, 0.5) is 8.78 Å². The van der Waals surface area contributed by atoms with Gasteiger partial charge in [-0.15, -0.1) is 11.3 Å². The molecule has 0 unspecified atom stereocenters. The summed E-state index contributed by atoms with van der Waals surface area (Å²) < 4.78 is 35.9. The van der Waals surface area contributed by atoms with Gasteiger partial charge in [0.05, 0.1) is 18.1 Å². The van der Waals surface area contributed by atoms with Gasteiger partial charge in [-0.05, 0) is 13.0 Å². The van der Waals surface area contributed by atoms with Crippen molar-refractivity contribution in [1.82, 2.24) is 0 Å². The van der Waals surface area contributed by atoms with E-state index in [1.54, 1.807) is 6.92 Å².